The molecule has 5 rings (SSSR count). The summed E-state index contributed by atoms with van der Waals surface area (Å²) in [6.45, 7) is 0.862. The predicted molar refractivity (Wildman–Crippen MR) is 148 cm³/mol. The molecule has 1 aliphatic rings. The molecule has 0 saturated heterocycles. The molecule has 12 heteroatoms. The third-order valence-electron chi connectivity index (χ3n) is 6.38. The van der Waals surface area contributed by atoms with Gasteiger partial charge in [-0.2, -0.15) is 9.97 Å². The van der Waals surface area contributed by atoms with Gasteiger partial charge in [0.05, 0.1) is 36.0 Å². The van der Waals surface area contributed by atoms with E-state index in [0.29, 0.717) is 22.5 Å². The lowest BCUT2D eigenvalue weighted by atomic mass is 10.1. The summed E-state index contributed by atoms with van der Waals surface area (Å²) in [5.74, 6) is -0.696. The van der Waals surface area contributed by atoms with Crippen molar-refractivity contribution in [1.82, 2.24) is 25.2 Å². The molecule has 11 nitrogen and oxygen atoms in total. The van der Waals surface area contributed by atoms with Crippen LogP contribution >= 0.6 is 0 Å². The molecule has 4 aromatic rings. The van der Waals surface area contributed by atoms with Crippen LogP contribution in [0.1, 0.15) is 15.9 Å². The number of rotatable bonds is 8. The first-order chi connectivity index (χ1) is 18.8. The van der Waals surface area contributed by atoms with Crippen LogP contribution in [0.4, 0.5) is 33.2 Å². The van der Waals surface area contributed by atoms with Crippen molar-refractivity contribution in [3.05, 3.63) is 59.5 Å². The van der Waals surface area contributed by atoms with E-state index in [9.17, 15) is 14.0 Å². The number of carbonyl (C=O) groups excluding carboxylic acids is 2. The maximum atomic E-state index is 14.7. The summed E-state index contributed by atoms with van der Waals surface area (Å²) in [4.78, 5) is 41.8. The number of hydrogen-bond acceptors (Lipinski definition) is 8. The second kappa shape index (κ2) is 10.6. The zero-order valence-electron chi connectivity index (χ0n) is 22.1. The Morgan fingerprint density at radius 1 is 1.18 bits per heavy atom. The number of halogens is 1. The van der Waals surface area contributed by atoms with Gasteiger partial charge in [0, 0.05) is 25.5 Å². The highest BCUT2D eigenvalue weighted by Crippen LogP contribution is 2.40. The van der Waals surface area contributed by atoms with Crippen molar-refractivity contribution < 1.29 is 18.7 Å². The smallest absolute Gasteiger partial charge is 0.256 e. The summed E-state index contributed by atoms with van der Waals surface area (Å²) in [5, 5.41) is 9.48. The van der Waals surface area contributed by atoms with Gasteiger partial charge >= 0.3 is 0 Å². The molecule has 0 atom stereocenters. The second-order valence-corrected chi connectivity index (χ2v) is 9.30. The minimum absolute atomic E-state index is 0.0767. The number of hydrogen-bond donors (Lipinski definition) is 4. The number of ether oxygens (including phenoxy) is 1. The van der Waals surface area contributed by atoms with Crippen LogP contribution in [0, 0.1) is 5.82 Å². The summed E-state index contributed by atoms with van der Waals surface area (Å²) in [7, 11) is 6.57. The van der Waals surface area contributed by atoms with E-state index in [4.69, 9.17) is 9.72 Å². The molecule has 4 N–H and O–H groups in total. The Morgan fingerprint density at radius 2 is 2.00 bits per heavy atom. The van der Waals surface area contributed by atoms with Gasteiger partial charge in [0.25, 0.3) is 5.91 Å². The quantitative estimate of drug-likeness (QED) is 0.272. The molecule has 0 radical (unpaired) electrons. The van der Waals surface area contributed by atoms with Crippen LogP contribution in [0.25, 0.3) is 11.0 Å². The first-order valence-corrected chi connectivity index (χ1v) is 12.4. The molecule has 0 saturated carbocycles. The van der Waals surface area contributed by atoms with E-state index in [2.05, 4.69) is 25.9 Å². The molecule has 2 aromatic heterocycles. The number of aromatic nitrogens is 3. The van der Waals surface area contributed by atoms with Crippen LogP contribution < -0.4 is 25.6 Å². The molecule has 0 spiro atoms. The number of benzene rings is 2. The Morgan fingerprint density at radius 3 is 2.74 bits per heavy atom. The highest BCUT2D eigenvalue weighted by Gasteiger charge is 2.28. The Hall–Kier alpha value is -4.71. The topological polar surface area (TPSA) is 128 Å². The number of nitrogens with one attached hydrogen (secondary N) is 4. The maximum absolute atomic E-state index is 14.7. The number of H-pyrrole nitrogens is 1. The number of aromatic amines is 1. The van der Waals surface area contributed by atoms with Crippen LogP contribution in [-0.4, -0.2) is 73.0 Å². The minimum atomic E-state index is -0.683. The molecule has 202 valence electrons. The van der Waals surface area contributed by atoms with E-state index >= 15 is 0 Å². The van der Waals surface area contributed by atoms with Crippen molar-refractivity contribution in [2.24, 2.45) is 0 Å². The van der Waals surface area contributed by atoms with Crippen molar-refractivity contribution >= 4 is 51.7 Å². The van der Waals surface area contributed by atoms with Gasteiger partial charge in [0.2, 0.25) is 11.9 Å². The number of amides is 2. The van der Waals surface area contributed by atoms with E-state index in [1.807, 2.05) is 12.1 Å². The fraction of sp³-hybridized carbons (Fsp3) is 0.259. The fourth-order valence-corrected chi connectivity index (χ4v) is 4.58. The molecule has 39 heavy (non-hydrogen) atoms. The van der Waals surface area contributed by atoms with E-state index in [1.165, 1.54) is 24.1 Å². The predicted octanol–water partition coefficient (Wildman–Crippen LogP) is 3.40. The number of nitrogens with zero attached hydrogens (tertiary/aromatic N) is 4. The molecule has 2 aromatic carbocycles. The first kappa shape index (κ1) is 25.9. The van der Waals surface area contributed by atoms with Gasteiger partial charge in [0.1, 0.15) is 23.0 Å². The molecule has 0 bridgehead atoms. The summed E-state index contributed by atoms with van der Waals surface area (Å²) < 4.78 is 20.4. The van der Waals surface area contributed by atoms with Gasteiger partial charge in [-0.3, -0.25) is 9.59 Å². The number of likely N-dealkylation sites (N-methyl/N-ethyl adjacent to an activating group) is 1. The van der Waals surface area contributed by atoms with Crippen molar-refractivity contribution in [2.45, 2.75) is 6.42 Å². The molecule has 0 aliphatic carbocycles. The number of carbonyl (C=O) groups is 2. The zero-order chi connectivity index (χ0) is 27.7. The Labute approximate surface area is 224 Å². The molecular weight excluding hydrogens is 503 g/mol. The van der Waals surface area contributed by atoms with E-state index in [1.54, 1.807) is 44.4 Å². The normalized spacial score (nSPS) is 12.3. The number of anilines is 5. The minimum Gasteiger partial charge on any atom is -0.495 e. The average Bonchev–Trinajstić information content (AvgIpc) is 3.57. The summed E-state index contributed by atoms with van der Waals surface area (Å²) in [6.07, 6.45) is 2.53. The maximum Gasteiger partial charge on any atom is 0.256 e. The second-order valence-electron chi connectivity index (χ2n) is 9.30. The van der Waals surface area contributed by atoms with Gasteiger partial charge in [-0.25, -0.2) is 9.29 Å². The van der Waals surface area contributed by atoms with Gasteiger partial charge in [-0.1, -0.05) is 6.07 Å². The highest BCUT2D eigenvalue weighted by atomic mass is 19.1. The number of methoxy groups -OCH3 is 1. The third-order valence-corrected chi connectivity index (χ3v) is 6.38. The third kappa shape index (κ3) is 4.93. The van der Waals surface area contributed by atoms with Crippen molar-refractivity contribution in [2.75, 3.05) is 56.9 Å². The lowest BCUT2D eigenvalue weighted by Gasteiger charge is -2.25. The van der Waals surface area contributed by atoms with Gasteiger partial charge in [-0.15, -0.1) is 0 Å². The standard InChI is InChI=1S/C27H29FN8O3/c1-29-26(38)23-17(28)6-5-7-18(23)32-25-16-9-11-31-24(16)33-27(34-25)36(22(37)14-35(2)3)20-13-19-15(8-10-30-19)12-21(20)39-4/h5-7,9,11-13,30H,8,10,14H2,1-4H3,(H,29,38)(H2,31,32,33,34). The largest absolute Gasteiger partial charge is 0.495 e. The van der Waals surface area contributed by atoms with Crippen LogP contribution in [0.5, 0.6) is 5.75 Å². The Balaban J connectivity index is 1.68. The number of fused-ring (bicyclic) bond motifs is 2. The summed E-state index contributed by atoms with van der Waals surface area (Å²) in [6, 6.07) is 9.82. The molecule has 3 heterocycles. The average molecular weight is 533 g/mol. The van der Waals surface area contributed by atoms with E-state index < -0.39 is 11.7 Å². The molecular formula is C27H29FN8O3. The summed E-state index contributed by atoms with van der Waals surface area (Å²) in [5.41, 5.74) is 2.98. The zero-order valence-corrected chi connectivity index (χ0v) is 22.1. The van der Waals surface area contributed by atoms with Crippen LogP contribution in [0.3, 0.4) is 0 Å². The molecule has 2 amide bonds. The van der Waals surface area contributed by atoms with Gasteiger partial charge in [0.15, 0.2) is 0 Å². The first-order valence-electron chi connectivity index (χ1n) is 12.4. The lowest BCUT2D eigenvalue weighted by molar-refractivity contribution is -0.118. The lowest BCUT2D eigenvalue weighted by Crippen LogP contribution is -2.36. The Kier molecular flexibility index (Phi) is 7.03. The molecule has 0 fully saturated rings. The van der Waals surface area contributed by atoms with Crippen molar-refractivity contribution in [3.8, 4) is 5.75 Å². The van der Waals surface area contributed by atoms with Crippen molar-refractivity contribution in [3.63, 3.8) is 0 Å². The van der Waals surface area contributed by atoms with Gasteiger partial charge < -0.3 is 30.6 Å². The van der Waals surface area contributed by atoms with Crippen molar-refractivity contribution in [1.29, 1.82) is 0 Å². The monoisotopic (exact) mass is 532 g/mol. The van der Waals surface area contributed by atoms with Crippen LogP contribution in [-0.2, 0) is 11.2 Å². The van der Waals surface area contributed by atoms with E-state index in [-0.39, 0.29) is 35.5 Å². The van der Waals surface area contributed by atoms with E-state index in [0.717, 1.165) is 24.2 Å². The van der Waals surface area contributed by atoms with Crippen LogP contribution in [0.2, 0.25) is 0 Å². The summed E-state index contributed by atoms with van der Waals surface area (Å²) >= 11 is 0. The Bertz CT molecular complexity index is 1570. The van der Waals surface area contributed by atoms with Gasteiger partial charge in [-0.05, 0) is 56.4 Å². The molecule has 0 unspecified atom stereocenters. The van der Waals surface area contributed by atoms with Crippen LogP contribution in [0.15, 0.2) is 42.6 Å². The highest BCUT2D eigenvalue weighted by molar-refractivity contribution is 6.04. The fourth-order valence-electron chi connectivity index (χ4n) is 4.58. The molecule has 1 aliphatic heterocycles. The SMILES string of the molecule is CNC(=O)c1c(F)cccc1Nc1nc(N(C(=O)CN(C)C)c2cc3c(cc2OC)CCN3)nc2[nH]ccc12.